The first-order valence-electron chi connectivity index (χ1n) is 6.04. The van der Waals surface area contributed by atoms with Crippen LogP contribution in [0.2, 0.25) is 0 Å². The van der Waals surface area contributed by atoms with Crippen LogP contribution in [0.25, 0.3) is 0 Å². The lowest BCUT2D eigenvalue weighted by atomic mass is 9.89. The van der Waals surface area contributed by atoms with Gasteiger partial charge in [0.05, 0.1) is 6.10 Å². The topological polar surface area (TPSA) is 65.3 Å². The summed E-state index contributed by atoms with van der Waals surface area (Å²) in [7, 11) is 4.86. The van der Waals surface area contributed by atoms with Crippen molar-refractivity contribution in [1.29, 1.82) is 0 Å². The lowest BCUT2D eigenvalue weighted by Crippen LogP contribution is -2.46. The van der Waals surface area contributed by atoms with Crippen LogP contribution in [0.1, 0.15) is 18.4 Å². The first kappa shape index (κ1) is 13.0. The Bertz CT molecular complexity index is 540. The molecular formula is C12H19N3O3. The highest BCUT2D eigenvalue weighted by Crippen LogP contribution is 2.22. The van der Waals surface area contributed by atoms with Gasteiger partial charge in [-0.15, -0.1) is 0 Å². The lowest BCUT2D eigenvalue weighted by molar-refractivity contribution is 0.0169. The van der Waals surface area contributed by atoms with Crippen molar-refractivity contribution in [2.24, 2.45) is 14.1 Å². The molecule has 6 heteroatoms. The van der Waals surface area contributed by atoms with Crippen LogP contribution in [0.15, 0.2) is 15.8 Å². The van der Waals surface area contributed by atoms with E-state index in [9.17, 15) is 9.59 Å². The summed E-state index contributed by atoms with van der Waals surface area (Å²) in [5, 5.41) is 3.31. The summed E-state index contributed by atoms with van der Waals surface area (Å²) < 4.78 is 7.76. The first-order chi connectivity index (χ1) is 8.52. The summed E-state index contributed by atoms with van der Waals surface area (Å²) in [5.41, 5.74) is 0.0838. The fraction of sp³-hybridized carbons (Fsp3) is 0.667. The first-order valence-corrected chi connectivity index (χ1v) is 6.04. The average molecular weight is 253 g/mol. The number of hydrogen-bond acceptors (Lipinski definition) is 4. The Hall–Kier alpha value is -1.40. The van der Waals surface area contributed by atoms with E-state index in [1.807, 2.05) is 0 Å². The molecule has 100 valence electrons. The predicted molar refractivity (Wildman–Crippen MR) is 67.6 cm³/mol. The zero-order valence-corrected chi connectivity index (χ0v) is 11.0. The number of nitrogens with one attached hydrogen (secondary N) is 1. The molecule has 2 rings (SSSR count). The Morgan fingerprint density at radius 3 is 2.67 bits per heavy atom. The van der Waals surface area contributed by atoms with Gasteiger partial charge in [-0.25, -0.2) is 4.79 Å². The summed E-state index contributed by atoms with van der Waals surface area (Å²) in [6.07, 6.45) is 3.89. The number of aryl methyl sites for hydroxylation is 1. The van der Waals surface area contributed by atoms with Crippen molar-refractivity contribution in [3.8, 4) is 0 Å². The standard InChI is InChI=1S/C12H19N3O3/c1-14-7-8(11(16)15(2)12(14)17)6-13-9-4-10(5-9)18-3/h7,9-10,13H,4-6H2,1-3H3. The van der Waals surface area contributed by atoms with Crippen LogP contribution in [0.5, 0.6) is 0 Å². The van der Waals surface area contributed by atoms with Crippen LogP contribution < -0.4 is 16.6 Å². The highest BCUT2D eigenvalue weighted by molar-refractivity contribution is 5.06. The smallest absolute Gasteiger partial charge is 0.330 e. The quantitative estimate of drug-likeness (QED) is 0.774. The van der Waals surface area contributed by atoms with Gasteiger partial charge in [-0.1, -0.05) is 0 Å². The molecule has 1 heterocycles. The molecule has 1 aromatic rings. The van der Waals surface area contributed by atoms with Gasteiger partial charge in [0, 0.05) is 45.6 Å². The monoisotopic (exact) mass is 253 g/mol. The van der Waals surface area contributed by atoms with Crippen molar-refractivity contribution in [1.82, 2.24) is 14.5 Å². The summed E-state index contributed by atoms with van der Waals surface area (Å²) in [6.45, 7) is 0.488. The number of aromatic nitrogens is 2. The summed E-state index contributed by atoms with van der Waals surface area (Å²) in [4.78, 5) is 23.4. The Kier molecular flexibility index (Phi) is 3.68. The Morgan fingerprint density at radius 2 is 2.06 bits per heavy atom. The third-order valence-corrected chi connectivity index (χ3v) is 3.53. The molecule has 0 amide bonds. The predicted octanol–water partition coefficient (Wildman–Crippen LogP) is -0.649. The molecule has 1 aromatic heterocycles. The molecule has 0 bridgehead atoms. The zero-order valence-electron chi connectivity index (χ0n) is 11.0. The maximum absolute atomic E-state index is 11.9. The Balaban J connectivity index is 2.03. The van der Waals surface area contributed by atoms with Crippen molar-refractivity contribution in [2.45, 2.75) is 31.5 Å². The molecule has 1 aliphatic rings. The molecule has 1 aliphatic carbocycles. The molecule has 0 spiro atoms. The molecule has 1 N–H and O–H groups in total. The van der Waals surface area contributed by atoms with E-state index >= 15 is 0 Å². The third-order valence-electron chi connectivity index (χ3n) is 3.53. The fourth-order valence-corrected chi connectivity index (χ4v) is 2.18. The van der Waals surface area contributed by atoms with Gasteiger partial charge in [0.15, 0.2) is 0 Å². The van der Waals surface area contributed by atoms with Crippen LogP contribution >= 0.6 is 0 Å². The molecule has 0 saturated heterocycles. The minimum atomic E-state index is -0.299. The molecule has 0 aliphatic heterocycles. The van der Waals surface area contributed by atoms with E-state index < -0.39 is 0 Å². The van der Waals surface area contributed by atoms with E-state index in [1.54, 1.807) is 20.4 Å². The van der Waals surface area contributed by atoms with E-state index in [0.717, 1.165) is 17.4 Å². The van der Waals surface area contributed by atoms with Gasteiger partial charge < -0.3 is 14.6 Å². The average Bonchev–Trinajstić information content (AvgIpc) is 2.31. The van der Waals surface area contributed by atoms with Gasteiger partial charge in [-0.05, 0) is 12.8 Å². The fourth-order valence-electron chi connectivity index (χ4n) is 2.18. The van der Waals surface area contributed by atoms with E-state index in [1.165, 1.54) is 11.6 Å². The lowest BCUT2D eigenvalue weighted by Gasteiger charge is -2.34. The van der Waals surface area contributed by atoms with Crippen molar-refractivity contribution in [3.05, 3.63) is 32.6 Å². The second kappa shape index (κ2) is 5.07. The molecule has 1 fully saturated rings. The molecule has 0 aromatic carbocycles. The molecule has 0 atom stereocenters. The second-order valence-corrected chi connectivity index (χ2v) is 4.82. The van der Waals surface area contributed by atoms with Gasteiger partial charge in [0.2, 0.25) is 0 Å². The molecular weight excluding hydrogens is 234 g/mol. The van der Waals surface area contributed by atoms with E-state index in [4.69, 9.17) is 4.74 Å². The van der Waals surface area contributed by atoms with Gasteiger partial charge in [0.25, 0.3) is 5.56 Å². The summed E-state index contributed by atoms with van der Waals surface area (Å²) in [5.74, 6) is 0. The van der Waals surface area contributed by atoms with Crippen molar-refractivity contribution in [2.75, 3.05) is 7.11 Å². The zero-order chi connectivity index (χ0) is 13.3. The minimum absolute atomic E-state index is 0.229. The van der Waals surface area contributed by atoms with Crippen molar-refractivity contribution < 1.29 is 4.74 Å². The maximum atomic E-state index is 11.9. The van der Waals surface area contributed by atoms with Gasteiger partial charge >= 0.3 is 5.69 Å². The molecule has 0 unspecified atom stereocenters. The number of rotatable bonds is 4. The van der Waals surface area contributed by atoms with E-state index in [-0.39, 0.29) is 11.2 Å². The van der Waals surface area contributed by atoms with Crippen LogP contribution in [0, 0.1) is 0 Å². The normalized spacial score (nSPS) is 22.8. The second-order valence-electron chi connectivity index (χ2n) is 4.82. The minimum Gasteiger partial charge on any atom is -0.381 e. The maximum Gasteiger partial charge on any atom is 0.330 e. The summed E-state index contributed by atoms with van der Waals surface area (Å²) >= 11 is 0. The number of nitrogens with zero attached hydrogens (tertiary/aromatic N) is 2. The number of ether oxygens (including phenoxy) is 1. The van der Waals surface area contributed by atoms with Crippen LogP contribution in [-0.2, 0) is 25.4 Å². The number of methoxy groups -OCH3 is 1. The summed E-state index contributed by atoms with van der Waals surface area (Å²) in [6, 6.07) is 0.400. The van der Waals surface area contributed by atoms with Crippen molar-refractivity contribution in [3.63, 3.8) is 0 Å². The molecule has 1 saturated carbocycles. The van der Waals surface area contributed by atoms with Crippen LogP contribution in [-0.4, -0.2) is 28.4 Å². The Morgan fingerprint density at radius 1 is 1.39 bits per heavy atom. The highest BCUT2D eigenvalue weighted by atomic mass is 16.5. The number of hydrogen-bond donors (Lipinski definition) is 1. The van der Waals surface area contributed by atoms with Crippen LogP contribution in [0.4, 0.5) is 0 Å². The Labute approximate surface area is 105 Å². The van der Waals surface area contributed by atoms with Crippen LogP contribution in [0.3, 0.4) is 0 Å². The highest BCUT2D eigenvalue weighted by Gasteiger charge is 2.28. The van der Waals surface area contributed by atoms with Gasteiger partial charge in [0.1, 0.15) is 0 Å². The molecule has 18 heavy (non-hydrogen) atoms. The molecule has 0 radical (unpaired) electrons. The van der Waals surface area contributed by atoms with Gasteiger partial charge in [-0.3, -0.25) is 9.36 Å². The molecule has 6 nitrogen and oxygen atoms in total. The van der Waals surface area contributed by atoms with E-state index in [2.05, 4.69) is 5.32 Å². The van der Waals surface area contributed by atoms with E-state index in [0.29, 0.717) is 24.3 Å². The van der Waals surface area contributed by atoms with Gasteiger partial charge in [-0.2, -0.15) is 0 Å². The SMILES string of the molecule is COC1CC(NCc2cn(C)c(=O)n(C)c2=O)C1. The third kappa shape index (κ3) is 2.39. The largest absolute Gasteiger partial charge is 0.381 e. The van der Waals surface area contributed by atoms with Crippen molar-refractivity contribution >= 4 is 0 Å².